The van der Waals surface area contributed by atoms with Crippen molar-refractivity contribution in [1.82, 2.24) is 0 Å². The van der Waals surface area contributed by atoms with E-state index in [2.05, 4.69) is 0 Å². The molecule has 0 bridgehead atoms. The maximum atomic E-state index is 13.3. The molecule has 1 saturated heterocycles. The second-order valence-corrected chi connectivity index (χ2v) is 4.61. The molecular formula is C14H20FNO2. The van der Waals surface area contributed by atoms with Gasteiger partial charge in [-0.1, -0.05) is 0 Å². The van der Waals surface area contributed by atoms with E-state index in [1.807, 2.05) is 6.07 Å². The maximum Gasteiger partial charge on any atom is 0.127 e. The van der Waals surface area contributed by atoms with Gasteiger partial charge in [0.1, 0.15) is 11.6 Å². The van der Waals surface area contributed by atoms with Crippen LogP contribution in [0, 0.1) is 5.82 Å². The lowest BCUT2D eigenvalue weighted by atomic mass is 10.1. The quantitative estimate of drug-likeness (QED) is 0.846. The average Bonchev–Trinajstić information content (AvgIpc) is 2.82. The number of benzene rings is 1. The highest BCUT2D eigenvalue weighted by atomic mass is 19.1. The molecule has 2 N–H and O–H groups in total. The average molecular weight is 253 g/mol. The Morgan fingerprint density at radius 2 is 2.28 bits per heavy atom. The first-order chi connectivity index (χ1) is 8.78. The van der Waals surface area contributed by atoms with Gasteiger partial charge >= 0.3 is 0 Å². The zero-order valence-electron chi connectivity index (χ0n) is 10.5. The van der Waals surface area contributed by atoms with E-state index in [4.69, 9.17) is 15.2 Å². The van der Waals surface area contributed by atoms with Crippen LogP contribution in [0.3, 0.4) is 0 Å². The molecule has 1 heterocycles. The van der Waals surface area contributed by atoms with E-state index in [9.17, 15) is 4.39 Å². The van der Waals surface area contributed by atoms with Gasteiger partial charge in [-0.2, -0.15) is 0 Å². The van der Waals surface area contributed by atoms with E-state index < -0.39 is 0 Å². The molecular weight excluding hydrogens is 233 g/mol. The van der Waals surface area contributed by atoms with Crippen LogP contribution in [0.25, 0.3) is 0 Å². The minimum absolute atomic E-state index is 0.270. The standard InChI is InChI=1S/C14H20FNO2/c15-12-8-11(3-5-16)9-14(10-12)18-7-4-13-2-1-6-17-13/h8-10,13H,1-7,16H2. The minimum Gasteiger partial charge on any atom is -0.493 e. The molecule has 3 nitrogen and oxygen atoms in total. The molecule has 4 heteroatoms. The monoisotopic (exact) mass is 253 g/mol. The molecule has 1 fully saturated rings. The fourth-order valence-corrected chi connectivity index (χ4v) is 2.20. The second kappa shape index (κ2) is 6.71. The molecule has 1 aliphatic heterocycles. The predicted octanol–water partition coefficient (Wildman–Crippen LogP) is 2.27. The van der Waals surface area contributed by atoms with Gasteiger partial charge in [0.05, 0.1) is 12.7 Å². The van der Waals surface area contributed by atoms with Gasteiger partial charge in [-0.05, 0) is 43.5 Å². The Morgan fingerprint density at radius 1 is 1.39 bits per heavy atom. The number of halogens is 1. The summed E-state index contributed by atoms with van der Waals surface area (Å²) in [7, 11) is 0. The van der Waals surface area contributed by atoms with Crippen LogP contribution in [0.1, 0.15) is 24.8 Å². The highest BCUT2D eigenvalue weighted by molar-refractivity contribution is 5.29. The predicted molar refractivity (Wildman–Crippen MR) is 68.2 cm³/mol. The fraction of sp³-hybridized carbons (Fsp3) is 0.571. The van der Waals surface area contributed by atoms with Crippen LogP contribution in [-0.4, -0.2) is 25.9 Å². The lowest BCUT2D eigenvalue weighted by Crippen LogP contribution is -2.11. The summed E-state index contributed by atoms with van der Waals surface area (Å²) in [4.78, 5) is 0. The Balaban J connectivity index is 1.83. The molecule has 1 aromatic carbocycles. The van der Waals surface area contributed by atoms with Gasteiger partial charge in [-0.3, -0.25) is 0 Å². The Morgan fingerprint density at radius 3 is 3.00 bits per heavy atom. The van der Waals surface area contributed by atoms with Gasteiger partial charge in [0, 0.05) is 19.1 Å². The SMILES string of the molecule is NCCc1cc(F)cc(OCCC2CCCO2)c1. The normalized spacial score (nSPS) is 19.1. The Bertz CT molecular complexity index is 378. The van der Waals surface area contributed by atoms with Crippen LogP contribution in [0.5, 0.6) is 5.75 Å². The van der Waals surface area contributed by atoms with Gasteiger partial charge in [-0.25, -0.2) is 4.39 Å². The third-order valence-electron chi connectivity index (χ3n) is 3.10. The number of nitrogens with two attached hydrogens (primary N) is 1. The summed E-state index contributed by atoms with van der Waals surface area (Å²) in [6.45, 7) is 1.93. The molecule has 0 spiro atoms. The molecule has 0 aliphatic carbocycles. The second-order valence-electron chi connectivity index (χ2n) is 4.61. The van der Waals surface area contributed by atoms with Crippen LogP contribution in [-0.2, 0) is 11.2 Å². The van der Waals surface area contributed by atoms with Crippen molar-refractivity contribution in [2.24, 2.45) is 5.73 Å². The molecule has 1 unspecified atom stereocenters. The largest absolute Gasteiger partial charge is 0.493 e. The van der Waals surface area contributed by atoms with Crippen molar-refractivity contribution in [2.45, 2.75) is 31.8 Å². The van der Waals surface area contributed by atoms with Crippen LogP contribution < -0.4 is 10.5 Å². The summed E-state index contributed by atoms with van der Waals surface area (Å²) in [5.74, 6) is 0.310. The number of hydrogen-bond donors (Lipinski definition) is 1. The summed E-state index contributed by atoms with van der Waals surface area (Å²) >= 11 is 0. The molecule has 2 rings (SSSR count). The molecule has 100 valence electrons. The summed E-state index contributed by atoms with van der Waals surface area (Å²) < 4.78 is 24.4. The highest BCUT2D eigenvalue weighted by Gasteiger charge is 2.15. The first-order valence-corrected chi connectivity index (χ1v) is 6.52. The Kier molecular flexibility index (Phi) is 4.96. The van der Waals surface area contributed by atoms with Gasteiger partial charge in [0.2, 0.25) is 0 Å². The number of rotatable bonds is 6. The molecule has 1 aromatic rings. The zero-order valence-corrected chi connectivity index (χ0v) is 10.5. The number of hydrogen-bond acceptors (Lipinski definition) is 3. The van der Waals surface area contributed by atoms with Gasteiger partial charge < -0.3 is 15.2 Å². The van der Waals surface area contributed by atoms with Crippen molar-refractivity contribution in [3.63, 3.8) is 0 Å². The van der Waals surface area contributed by atoms with Crippen molar-refractivity contribution >= 4 is 0 Å². The minimum atomic E-state index is -0.270. The van der Waals surface area contributed by atoms with Crippen molar-refractivity contribution in [3.8, 4) is 5.75 Å². The van der Waals surface area contributed by atoms with Crippen molar-refractivity contribution in [3.05, 3.63) is 29.6 Å². The van der Waals surface area contributed by atoms with Crippen molar-refractivity contribution < 1.29 is 13.9 Å². The molecule has 18 heavy (non-hydrogen) atoms. The first kappa shape index (κ1) is 13.3. The van der Waals surface area contributed by atoms with E-state index in [0.717, 1.165) is 31.4 Å². The van der Waals surface area contributed by atoms with E-state index in [1.54, 1.807) is 0 Å². The molecule has 0 radical (unpaired) electrons. The molecule has 0 amide bonds. The van der Waals surface area contributed by atoms with Crippen molar-refractivity contribution in [1.29, 1.82) is 0 Å². The van der Waals surface area contributed by atoms with Gasteiger partial charge in [0.15, 0.2) is 0 Å². The lowest BCUT2D eigenvalue weighted by molar-refractivity contribution is 0.0903. The third-order valence-corrected chi connectivity index (χ3v) is 3.10. The Hall–Kier alpha value is -1.13. The van der Waals surface area contributed by atoms with E-state index >= 15 is 0 Å². The number of ether oxygens (including phenoxy) is 2. The summed E-state index contributed by atoms with van der Waals surface area (Å²) in [6, 6.07) is 4.76. The third kappa shape index (κ3) is 3.96. The van der Waals surface area contributed by atoms with Gasteiger partial charge in [0.25, 0.3) is 0 Å². The summed E-state index contributed by atoms with van der Waals surface area (Å²) in [5, 5.41) is 0. The van der Waals surface area contributed by atoms with Crippen LogP contribution in [0.4, 0.5) is 4.39 Å². The summed E-state index contributed by atoms with van der Waals surface area (Å²) in [6.07, 6.45) is 4.07. The van der Waals surface area contributed by atoms with Crippen LogP contribution in [0.2, 0.25) is 0 Å². The fourth-order valence-electron chi connectivity index (χ4n) is 2.20. The van der Waals surface area contributed by atoms with E-state index in [-0.39, 0.29) is 5.82 Å². The lowest BCUT2D eigenvalue weighted by Gasteiger charge is -2.11. The first-order valence-electron chi connectivity index (χ1n) is 6.52. The van der Waals surface area contributed by atoms with Crippen molar-refractivity contribution in [2.75, 3.05) is 19.8 Å². The maximum absolute atomic E-state index is 13.3. The zero-order chi connectivity index (χ0) is 12.8. The van der Waals surface area contributed by atoms with Crippen LogP contribution in [0.15, 0.2) is 18.2 Å². The topological polar surface area (TPSA) is 44.5 Å². The highest BCUT2D eigenvalue weighted by Crippen LogP contribution is 2.19. The van der Waals surface area contributed by atoms with Crippen LogP contribution >= 0.6 is 0 Å². The molecule has 1 aliphatic rings. The summed E-state index contributed by atoms with van der Waals surface area (Å²) in [5.41, 5.74) is 6.34. The molecule has 0 aromatic heterocycles. The van der Waals surface area contributed by atoms with E-state index in [0.29, 0.717) is 31.4 Å². The molecule has 0 saturated carbocycles. The van der Waals surface area contributed by atoms with E-state index in [1.165, 1.54) is 12.1 Å². The van der Waals surface area contributed by atoms with Gasteiger partial charge in [-0.15, -0.1) is 0 Å². The smallest absolute Gasteiger partial charge is 0.127 e. The molecule has 1 atom stereocenters. The Labute approximate surface area is 107 Å².